The maximum Gasteiger partial charge on any atom is 0.119 e. The number of halogens is 1. The lowest BCUT2D eigenvalue weighted by Crippen LogP contribution is -2.37. The van der Waals surface area contributed by atoms with E-state index in [-0.39, 0.29) is 0 Å². The molecule has 0 bridgehead atoms. The molecule has 20 heavy (non-hydrogen) atoms. The number of nitrogens with one attached hydrogen (secondary N) is 1. The molecule has 1 aromatic carbocycles. The molecule has 0 spiro atoms. The quantitative estimate of drug-likeness (QED) is 0.837. The summed E-state index contributed by atoms with van der Waals surface area (Å²) in [6.45, 7) is 5.32. The van der Waals surface area contributed by atoms with Crippen LogP contribution in [0, 0.1) is 5.92 Å². The van der Waals surface area contributed by atoms with Crippen molar-refractivity contribution >= 4 is 11.6 Å². The van der Waals surface area contributed by atoms with Crippen molar-refractivity contribution in [3.05, 3.63) is 29.3 Å². The zero-order valence-electron chi connectivity index (χ0n) is 12.3. The Labute approximate surface area is 127 Å². The van der Waals surface area contributed by atoms with E-state index in [2.05, 4.69) is 10.2 Å². The van der Waals surface area contributed by atoms with Gasteiger partial charge in [0.1, 0.15) is 12.4 Å². The summed E-state index contributed by atoms with van der Waals surface area (Å²) < 4.78 is 5.75. The van der Waals surface area contributed by atoms with Gasteiger partial charge in [-0.25, -0.2) is 0 Å². The molecule has 1 fully saturated rings. The fraction of sp³-hybridized carbons (Fsp3) is 0.625. The zero-order chi connectivity index (χ0) is 14.2. The summed E-state index contributed by atoms with van der Waals surface area (Å²) >= 11 is 5.85. The summed E-state index contributed by atoms with van der Waals surface area (Å²) in [6, 6.07) is 7.58. The molecule has 1 heterocycles. The Bertz CT molecular complexity index is 375. The Morgan fingerprint density at radius 2 is 1.95 bits per heavy atom. The van der Waals surface area contributed by atoms with Gasteiger partial charge in [-0.05, 0) is 76.1 Å². The third-order valence-corrected chi connectivity index (χ3v) is 4.25. The summed E-state index contributed by atoms with van der Waals surface area (Å²) in [5.41, 5.74) is 0. The predicted octanol–water partition coefficient (Wildman–Crippen LogP) is 3.04. The Kier molecular flexibility index (Phi) is 6.64. The van der Waals surface area contributed by atoms with Gasteiger partial charge in [-0.3, -0.25) is 4.90 Å². The van der Waals surface area contributed by atoms with E-state index in [1.54, 1.807) is 0 Å². The number of likely N-dealkylation sites (tertiary alicyclic amines) is 1. The van der Waals surface area contributed by atoms with Gasteiger partial charge in [-0.2, -0.15) is 0 Å². The Morgan fingerprint density at radius 1 is 1.25 bits per heavy atom. The van der Waals surface area contributed by atoms with E-state index < -0.39 is 0 Å². The van der Waals surface area contributed by atoms with Crippen molar-refractivity contribution in [3.63, 3.8) is 0 Å². The number of rotatable bonds is 7. The van der Waals surface area contributed by atoms with E-state index in [9.17, 15) is 0 Å². The highest BCUT2D eigenvalue weighted by atomic mass is 35.5. The minimum atomic E-state index is 0.751. The van der Waals surface area contributed by atoms with E-state index >= 15 is 0 Å². The van der Waals surface area contributed by atoms with Crippen LogP contribution in [0.4, 0.5) is 0 Å². The van der Waals surface area contributed by atoms with Crippen LogP contribution >= 0.6 is 11.6 Å². The minimum absolute atomic E-state index is 0.751. The molecule has 0 saturated carbocycles. The molecule has 0 amide bonds. The molecule has 1 aliphatic heterocycles. The van der Waals surface area contributed by atoms with Crippen molar-refractivity contribution < 1.29 is 4.74 Å². The van der Waals surface area contributed by atoms with Gasteiger partial charge in [-0.1, -0.05) is 11.6 Å². The number of nitrogens with zero attached hydrogens (tertiary/aromatic N) is 1. The monoisotopic (exact) mass is 296 g/mol. The number of hydrogen-bond donors (Lipinski definition) is 1. The lowest BCUT2D eigenvalue weighted by molar-refractivity contribution is 0.151. The number of benzene rings is 1. The largest absolute Gasteiger partial charge is 0.492 e. The minimum Gasteiger partial charge on any atom is -0.492 e. The van der Waals surface area contributed by atoms with Crippen LogP contribution in [0.1, 0.15) is 19.3 Å². The highest BCUT2D eigenvalue weighted by Gasteiger charge is 2.18. The van der Waals surface area contributed by atoms with Gasteiger partial charge in [0.15, 0.2) is 0 Å². The van der Waals surface area contributed by atoms with Gasteiger partial charge in [0, 0.05) is 11.6 Å². The molecular weight excluding hydrogens is 272 g/mol. The van der Waals surface area contributed by atoms with Crippen molar-refractivity contribution in [1.82, 2.24) is 10.2 Å². The first-order valence-corrected chi connectivity index (χ1v) is 7.91. The summed E-state index contributed by atoms with van der Waals surface area (Å²) in [6.07, 6.45) is 3.96. The molecule has 1 N–H and O–H groups in total. The van der Waals surface area contributed by atoms with E-state index in [4.69, 9.17) is 16.3 Å². The number of hydrogen-bond acceptors (Lipinski definition) is 3. The molecule has 0 radical (unpaired) electrons. The molecule has 0 unspecified atom stereocenters. The number of piperidine rings is 1. The Hall–Kier alpha value is -0.770. The summed E-state index contributed by atoms with van der Waals surface area (Å²) in [4.78, 5) is 2.51. The highest BCUT2D eigenvalue weighted by molar-refractivity contribution is 6.30. The van der Waals surface area contributed by atoms with Crippen molar-refractivity contribution in [1.29, 1.82) is 0 Å². The van der Waals surface area contributed by atoms with Crippen LogP contribution < -0.4 is 10.1 Å². The average molecular weight is 297 g/mol. The number of ether oxygens (including phenoxy) is 1. The van der Waals surface area contributed by atoms with Crippen LogP contribution in [-0.4, -0.2) is 44.7 Å². The fourth-order valence-corrected chi connectivity index (χ4v) is 2.80. The van der Waals surface area contributed by atoms with Crippen LogP contribution in [0.15, 0.2) is 24.3 Å². The topological polar surface area (TPSA) is 24.5 Å². The lowest BCUT2D eigenvalue weighted by atomic mass is 9.93. The molecule has 4 heteroatoms. The molecule has 3 nitrogen and oxygen atoms in total. The van der Waals surface area contributed by atoms with Gasteiger partial charge in [0.05, 0.1) is 0 Å². The van der Waals surface area contributed by atoms with Crippen LogP contribution in [0.5, 0.6) is 5.75 Å². The normalized spacial score (nSPS) is 17.3. The molecule has 2 rings (SSSR count). The van der Waals surface area contributed by atoms with Crippen molar-refractivity contribution in [2.75, 3.05) is 39.8 Å². The van der Waals surface area contributed by atoms with Gasteiger partial charge in [-0.15, -0.1) is 0 Å². The predicted molar refractivity (Wildman–Crippen MR) is 84.7 cm³/mol. The van der Waals surface area contributed by atoms with Gasteiger partial charge >= 0.3 is 0 Å². The summed E-state index contributed by atoms with van der Waals surface area (Å²) in [5.74, 6) is 1.80. The summed E-state index contributed by atoms with van der Waals surface area (Å²) in [7, 11) is 2.03. The van der Waals surface area contributed by atoms with Crippen LogP contribution in [-0.2, 0) is 0 Å². The van der Waals surface area contributed by atoms with Gasteiger partial charge in [0.2, 0.25) is 0 Å². The second-order valence-electron chi connectivity index (χ2n) is 5.48. The molecule has 1 aromatic rings. The zero-order valence-corrected chi connectivity index (χ0v) is 13.0. The Balaban J connectivity index is 1.60. The smallest absolute Gasteiger partial charge is 0.119 e. The average Bonchev–Trinajstić information content (AvgIpc) is 2.48. The first-order valence-electron chi connectivity index (χ1n) is 7.53. The van der Waals surface area contributed by atoms with Crippen LogP contribution in [0.3, 0.4) is 0 Å². The molecule has 1 aliphatic rings. The molecule has 0 aliphatic carbocycles. The maximum absolute atomic E-state index is 5.85. The van der Waals surface area contributed by atoms with Crippen molar-refractivity contribution in [3.8, 4) is 5.75 Å². The van der Waals surface area contributed by atoms with Crippen LogP contribution in [0.25, 0.3) is 0 Å². The lowest BCUT2D eigenvalue weighted by Gasteiger charge is -2.31. The van der Waals surface area contributed by atoms with E-state index in [0.717, 1.165) is 36.4 Å². The fourth-order valence-electron chi connectivity index (χ4n) is 2.67. The standard InChI is InChI=1S/C16H25ClN2O/c1-18-9-6-14-7-10-19(11-8-14)12-13-20-16-4-2-15(17)3-5-16/h2-5,14,18H,6-13H2,1H3. The Morgan fingerprint density at radius 3 is 2.60 bits per heavy atom. The van der Waals surface area contributed by atoms with Crippen LogP contribution in [0.2, 0.25) is 5.02 Å². The van der Waals surface area contributed by atoms with Gasteiger partial charge in [0.25, 0.3) is 0 Å². The highest BCUT2D eigenvalue weighted by Crippen LogP contribution is 2.20. The third-order valence-electron chi connectivity index (χ3n) is 4.00. The van der Waals surface area contributed by atoms with E-state index in [1.165, 1.54) is 32.4 Å². The SMILES string of the molecule is CNCCC1CCN(CCOc2ccc(Cl)cc2)CC1. The third kappa shape index (κ3) is 5.31. The molecule has 112 valence electrons. The first-order chi connectivity index (χ1) is 9.78. The van der Waals surface area contributed by atoms with E-state index in [1.807, 2.05) is 31.3 Å². The van der Waals surface area contributed by atoms with Gasteiger partial charge < -0.3 is 10.1 Å². The van der Waals surface area contributed by atoms with E-state index in [0.29, 0.717) is 0 Å². The molecule has 1 saturated heterocycles. The first kappa shape index (κ1) is 15.6. The summed E-state index contributed by atoms with van der Waals surface area (Å²) in [5, 5.41) is 3.99. The molecular formula is C16H25ClN2O. The second kappa shape index (κ2) is 8.50. The molecule has 0 atom stereocenters. The molecule has 0 aromatic heterocycles. The maximum atomic E-state index is 5.85. The van der Waals surface area contributed by atoms with Crippen molar-refractivity contribution in [2.24, 2.45) is 5.92 Å². The van der Waals surface area contributed by atoms with Crippen molar-refractivity contribution in [2.45, 2.75) is 19.3 Å². The second-order valence-corrected chi connectivity index (χ2v) is 5.92.